The fourth-order valence-electron chi connectivity index (χ4n) is 2.74. The predicted molar refractivity (Wildman–Crippen MR) is 107 cm³/mol. The Morgan fingerprint density at radius 1 is 1.11 bits per heavy atom. The zero-order valence-electron chi connectivity index (χ0n) is 15.8. The highest BCUT2D eigenvalue weighted by atomic mass is 16.3. The van der Waals surface area contributed by atoms with E-state index in [9.17, 15) is 14.7 Å². The van der Waals surface area contributed by atoms with E-state index in [1.54, 1.807) is 6.07 Å². The van der Waals surface area contributed by atoms with Crippen LogP contribution < -0.4 is 16.0 Å². The van der Waals surface area contributed by atoms with Gasteiger partial charge in [0.15, 0.2) is 0 Å². The summed E-state index contributed by atoms with van der Waals surface area (Å²) in [6.45, 7) is 3.70. The number of aliphatic hydroxyl groups excluding tert-OH is 1. The fourth-order valence-corrected chi connectivity index (χ4v) is 2.74. The highest BCUT2D eigenvalue weighted by Gasteiger charge is 2.14. The second-order valence-electron chi connectivity index (χ2n) is 6.44. The molecule has 6 nitrogen and oxygen atoms in total. The van der Waals surface area contributed by atoms with E-state index in [0.717, 1.165) is 23.1 Å². The summed E-state index contributed by atoms with van der Waals surface area (Å²) < 4.78 is 0. The van der Waals surface area contributed by atoms with E-state index in [4.69, 9.17) is 0 Å². The number of carbonyl (C=O) groups is 2. The molecule has 3 amide bonds. The Hall–Kier alpha value is -2.86. The Balaban J connectivity index is 1.80. The lowest BCUT2D eigenvalue weighted by Crippen LogP contribution is -2.46. The zero-order chi connectivity index (χ0) is 19.6. The second kappa shape index (κ2) is 10.3. The third-order valence-corrected chi connectivity index (χ3v) is 4.31. The Morgan fingerprint density at radius 3 is 2.59 bits per heavy atom. The molecule has 0 radical (unpaired) electrons. The van der Waals surface area contributed by atoms with E-state index in [2.05, 4.69) is 16.0 Å². The van der Waals surface area contributed by atoms with Crippen LogP contribution in [0.15, 0.2) is 48.5 Å². The number of hydrogen-bond donors (Lipinski definition) is 4. The highest BCUT2D eigenvalue weighted by Crippen LogP contribution is 2.11. The van der Waals surface area contributed by atoms with Crippen LogP contribution in [0.25, 0.3) is 0 Å². The highest BCUT2D eigenvalue weighted by molar-refractivity contribution is 5.94. The van der Waals surface area contributed by atoms with Gasteiger partial charge >= 0.3 is 6.03 Å². The lowest BCUT2D eigenvalue weighted by atomic mass is 10.0. The molecule has 2 aromatic rings. The molecule has 0 spiro atoms. The van der Waals surface area contributed by atoms with Gasteiger partial charge < -0.3 is 21.1 Å². The number of aryl methyl sites for hydroxylation is 2. The number of urea groups is 1. The predicted octanol–water partition coefficient (Wildman–Crippen LogP) is 2.40. The molecular weight excluding hydrogens is 342 g/mol. The molecule has 1 atom stereocenters. The van der Waals surface area contributed by atoms with Crippen molar-refractivity contribution >= 4 is 17.6 Å². The fraction of sp³-hybridized carbons (Fsp3) is 0.333. The maximum absolute atomic E-state index is 12.0. The van der Waals surface area contributed by atoms with Crippen LogP contribution >= 0.6 is 0 Å². The van der Waals surface area contributed by atoms with E-state index in [0.29, 0.717) is 12.1 Å². The summed E-state index contributed by atoms with van der Waals surface area (Å²) in [5, 5.41) is 17.5. The number of amides is 3. The van der Waals surface area contributed by atoms with Crippen molar-refractivity contribution in [1.29, 1.82) is 0 Å². The van der Waals surface area contributed by atoms with Crippen LogP contribution in [-0.2, 0) is 17.6 Å². The minimum absolute atomic E-state index is 0.148. The molecule has 0 aliphatic rings. The van der Waals surface area contributed by atoms with E-state index in [-0.39, 0.29) is 19.1 Å². The Bertz CT molecular complexity index is 777. The first-order valence-corrected chi connectivity index (χ1v) is 9.10. The molecule has 0 aliphatic carbocycles. The van der Waals surface area contributed by atoms with E-state index < -0.39 is 12.1 Å². The molecule has 0 heterocycles. The molecule has 27 heavy (non-hydrogen) atoms. The molecule has 0 bridgehead atoms. The summed E-state index contributed by atoms with van der Waals surface area (Å²) >= 11 is 0. The molecule has 6 heteroatoms. The molecule has 2 aromatic carbocycles. The maximum Gasteiger partial charge on any atom is 0.315 e. The topological polar surface area (TPSA) is 90.5 Å². The summed E-state index contributed by atoms with van der Waals surface area (Å²) in [4.78, 5) is 24.0. The standard InChI is InChI=1S/C21H27N3O3/c1-3-16-8-6-10-18(11-16)23-20(26)13-22-21(27)24-19(14-25)12-17-9-5-4-7-15(17)2/h4-11,19,25H,3,12-14H2,1-2H3,(H,23,26)(H2,22,24,27). The van der Waals surface area contributed by atoms with Gasteiger partial charge in [0.05, 0.1) is 19.2 Å². The van der Waals surface area contributed by atoms with Crippen LogP contribution in [0, 0.1) is 6.92 Å². The van der Waals surface area contributed by atoms with Crippen molar-refractivity contribution in [1.82, 2.24) is 10.6 Å². The number of benzene rings is 2. The Labute approximate surface area is 160 Å². The third kappa shape index (κ3) is 6.75. The van der Waals surface area contributed by atoms with Gasteiger partial charge in [0.25, 0.3) is 0 Å². The molecule has 0 aromatic heterocycles. The minimum atomic E-state index is -0.486. The summed E-state index contributed by atoms with van der Waals surface area (Å²) in [5.41, 5.74) is 3.99. The zero-order valence-corrected chi connectivity index (χ0v) is 15.8. The van der Waals surface area contributed by atoms with Crippen molar-refractivity contribution in [2.75, 3.05) is 18.5 Å². The van der Waals surface area contributed by atoms with Gasteiger partial charge in [-0.1, -0.05) is 43.3 Å². The number of anilines is 1. The molecule has 144 valence electrons. The van der Waals surface area contributed by atoms with Gasteiger partial charge in [0, 0.05) is 5.69 Å². The van der Waals surface area contributed by atoms with Gasteiger partial charge in [-0.05, 0) is 48.6 Å². The van der Waals surface area contributed by atoms with Gasteiger partial charge in [-0.25, -0.2) is 4.79 Å². The van der Waals surface area contributed by atoms with Crippen LogP contribution in [0.2, 0.25) is 0 Å². The van der Waals surface area contributed by atoms with Gasteiger partial charge in [0.2, 0.25) is 5.91 Å². The molecule has 0 saturated carbocycles. The minimum Gasteiger partial charge on any atom is -0.394 e. The maximum atomic E-state index is 12.0. The van der Waals surface area contributed by atoms with Gasteiger partial charge in [-0.15, -0.1) is 0 Å². The average Bonchev–Trinajstić information content (AvgIpc) is 2.67. The van der Waals surface area contributed by atoms with E-state index in [1.165, 1.54) is 0 Å². The quantitative estimate of drug-likeness (QED) is 0.576. The SMILES string of the molecule is CCc1cccc(NC(=O)CNC(=O)NC(CO)Cc2ccccc2C)c1. The molecule has 0 saturated heterocycles. The smallest absolute Gasteiger partial charge is 0.315 e. The number of rotatable bonds is 8. The van der Waals surface area contributed by atoms with E-state index >= 15 is 0 Å². The number of hydrogen-bond acceptors (Lipinski definition) is 3. The normalized spacial score (nSPS) is 11.5. The first-order valence-electron chi connectivity index (χ1n) is 9.10. The van der Waals surface area contributed by atoms with Crippen molar-refractivity contribution in [3.63, 3.8) is 0 Å². The molecule has 1 unspecified atom stereocenters. The summed E-state index contributed by atoms with van der Waals surface area (Å²) in [6.07, 6.45) is 1.40. The molecular formula is C21H27N3O3. The third-order valence-electron chi connectivity index (χ3n) is 4.31. The number of nitrogens with one attached hydrogen (secondary N) is 3. The lowest BCUT2D eigenvalue weighted by Gasteiger charge is -2.18. The van der Waals surface area contributed by atoms with Crippen LogP contribution in [0.1, 0.15) is 23.6 Å². The van der Waals surface area contributed by atoms with Gasteiger partial charge in [0.1, 0.15) is 0 Å². The average molecular weight is 369 g/mol. The van der Waals surface area contributed by atoms with Gasteiger partial charge in [-0.2, -0.15) is 0 Å². The first kappa shape index (κ1) is 20.5. The summed E-state index contributed by atoms with van der Waals surface area (Å²) in [5.74, 6) is -0.308. The van der Waals surface area contributed by atoms with Crippen LogP contribution in [-0.4, -0.2) is 36.2 Å². The summed E-state index contributed by atoms with van der Waals surface area (Å²) in [6, 6.07) is 14.5. The molecule has 0 aliphatic heterocycles. The van der Waals surface area contributed by atoms with Crippen LogP contribution in [0.5, 0.6) is 0 Å². The van der Waals surface area contributed by atoms with Crippen molar-refractivity contribution < 1.29 is 14.7 Å². The summed E-state index contributed by atoms with van der Waals surface area (Å²) in [7, 11) is 0. The lowest BCUT2D eigenvalue weighted by molar-refractivity contribution is -0.115. The van der Waals surface area contributed by atoms with Crippen molar-refractivity contribution in [2.24, 2.45) is 0 Å². The second-order valence-corrected chi connectivity index (χ2v) is 6.44. The Morgan fingerprint density at radius 2 is 1.89 bits per heavy atom. The van der Waals surface area contributed by atoms with Crippen LogP contribution in [0.4, 0.5) is 10.5 Å². The monoisotopic (exact) mass is 369 g/mol. The first-order chi connectivity index (χ1) is 13.0. The van der Waals surface area contributed by atoms with Crippen molar-refractivity contribution in [3.05, 3.63) is 65.2 Å². The van der Waals surface area contributed by atoms with Gasteiger partial charge in [-0.3, -0.25) is 4.79 Å². The Kier molecular flexibility index (Phi) is 7.82. The van der Waals surface area contributed by atoms with Crippen molar-refractivity contribution in [2.45, 2.75) is 32.7 Å². The number of carbonyl (C=O) groups excluding carboxylic acids is 2. The molecule has 0 fully saturated rings. The molecule has 2 rings (SSSR count). The van der Waals surface area contributed by atoms with E-state index in [1.807, 2.05) is 56.3 Å². The number of aliphatic hydroxyl groups is 1. The van der Waals surface area contributed by atoms with Crippen LogP contribution in [0.3, 0.4) is 0 Å². The van der Waals surface area contributed by atoms with Crippen molar-refractivity contribution in [3.8, 4) is 0 Å². The largest absolute Gasteiger partial charge is 0.394 e. The molecule has 4 N–H and O–H groups in total.